The fourth-order valence-electron chi connectivity index (χ4n) is 4.46. The largest absolute Gasteiger partial charge is 0.480 e. The number of allylic oxidation sites excluding steroid dienone is 4. The van der Waals surface area contributed by atoms with Gasteiger partial charge in [0.15, 0.2) is 5.75 Å². The molecule has 0 aromatic heterocycles. The molecular formula is C29H32N2O4S2. The third-order valence-electron chi connectivity index (χ3n) is 6.37. The van der Waals surface area contributed by atoms with E-state index in [0.29, 0.717) is 4.91 Å². The number of carboxylic acid groups (broad SMARTS) is 1. The van der Waals surface area contributed by atoms with E-state index in [9.17, 15) is 9.59 Å². The first-order valence-corrected chi connectivity index (χ1v) is 13.9. The van der Waals surface area contributed by atoms with E-state index in [2.05, 4.69) is 36.1 Å². The predicted molar refractivity (Wildman–Crippen MR) is 155 cm³/mol. The number of aliphatic carboxylic acids is 1. The molecule has 1 saturated heterocycles. The molecular weight excluding hydrogens is 504 g/mol. The number of nitrogens with zero attached hydrogens (tertiary/aromatic N) is 2. The van der Waals surface area contributed by atoms with Crippen LogP contribution in [0.25, 0.3) is 10.8 Å². The maximum atomic E-state index is 12.6. The van der Waals surface area contributed by atoms with Gasteiger partial charge in [-0.25, -0.2) is 0 Å². The maximum absolute atomic E-state index is 12.6. The summed E-state index contributed by atoms with van der Waals surface area (Å²) in [5.41, 5.74) is 1.91. The Morgan fingerprint density at radius 2 is 1.84 bits per heavy atom. The number of hydrogen-bond donors (Lipinski definition) is 1. The lowest BCUT2D eigenvalue weighted by Crippen LogP contribution is -2.33. The second-order valence-corrected chi connectivity index (χ2v) is 10.9. The van der Waals surface area contributed by atoms with Gasteiger partial charge in [0.05, 0.1) is 10.6 Å². The van der Waals surface area contributed by atoms with E-state index in [-0.39, 0.29) is 10.2 Å². The molecule has 0 saturated carbocycles. The van der Waals surface area contributed by atoms with Crippen molar-refractivity contribution in [3.63, 3.8) is 0 Å². The average molecular weight is 537 g/mol. The molecule has 0 bridgehead atoms. The number of thiocarbonyl (C=S) groups is 1. The van der Waals surface area contributed by atoms with Crippen LogP contribution >= 0.6 is 24.0 Å². The van der Waals surface area contributed by atoms with Crippen LogP contribution in [0.4, 0.5) is 5.69 Å². The number of rotatable bonds is 11. The molecule has 2 heterocycles. The molecule has 2 aromatic carbocycles. The average Bonchev–Trinajstić information content (AvgIpc) is 3.36. The normalized spacial score (nSPS) is 17.8. The van der Waals surface area contributed by atoms with Gasteiger partial charge in [0.2, 0.25) is 5.88 Å². The highest BCUT2D eigenvalue weighted by Gasteiger charge is 2.33. The molecule has 0 aliphatic carbocycles. The molecule has 1 fully saturated rings. The molecule has 0 atom stereocenters. The van der Waals surface area contributed by atoms with Crippen molar-refractivity contribution in [1.29, 1.82) is 0 Å². The number of anilines is 1. The molecule has 1 amide bonds. The molecule has 8 heteroatoms. The monoisotopic (exact) mass is 536 g/mol. The zero-order chi connectivity index (χ0) is 26.4. The first-order valence-electron chi connectivity index (χ1n) is 12.7. The Hall–Kier alpha value is -3.10. The Labute approximate surface area is 227 Å². The fraction of sp³-hybridized carbons (Fsp3) is 0.345. The van der Waals surface area contributed by atoms with Crippen LogP contribution in [0.2, 0.25) is 0 Å². The van der Waals surface area contributed by atoms with Gasteiger partial charge in [-0.3, -0.25) is 14.5 Å². The molecule has 2 aliphatic heterocycles. The van der Waals surface area contributed by atoms with Crippen molar-refractivity contribution in [1.82, 2.24) is 4.90 Å². The van der Waals surface area contributed by atoms with E-state index in [4.69, 9.17) is 22.1 Å². The molecule has 0 radical (unpaired) electrons. The van der Waals surface area contributed by atoms with Gasteiger partial charge in [-0.2, -0.15) is 0 Å². The van der Waals surface area contributed by atoms with Gasteiger partial charge < -0.3 is 14.7 Å². The minimum absolute atomic E-state index is 0.261. The number of carbonyl (C=O) groups is 2. The lowest BCUT2D eigenvalue weighted by molar-refractivity contribution is -0.140. The molecule has 2 aromatic rings. The third kappa shape index (κ3) is 6.43. The Morgan fingerprint density at radius 3 is 2.62 bits per heavy atom. The third-order valence-corrected chi connectivity index (χ3v) is 7.75. The first kappa shape index (κ1) is 26.9. The minimum atomic E-state index is -1.09. The Morgan fingerprint density at radius 1 is 1.08 bits per heavy atom. The van der Waals surface area contributed by atoms with Gasteiger partial charge >= 0.3 is 5.97 Å². The van der Waals surface area contributed by atoms with E-state index < -0.39 is 12.5 Å². The quantitative estimate of drug-likeness (QED) is 0.188. The number of thioether (sulfide) groups is 1. The fourth-order valence-corrected chi connectivity index (χ4v) is 5.77. The summed E-state index contributed by atoms with van der Waals surface area (Å²) in [6.07, 6.45) is 12.9. The summed E-state index contributed by atoms with van der Waals surface area (Å²) in [7, 11) is 0. The molecule has 194 valence electrons. The molecule has 1 N–H and O–H groups in total. The van der Waals surface area contributed by atoms with Crippen molar-refractivity contribution in [3.05, 3.63) is 71.0 Å². The molecule has 0 spiro atoms. The van der Waals surface area contributed by atoms with Crippen molar-refractivity contribution in [2.24, 2.45) is 0 Å². The molecule has 37 heavy (non-hydrogen) atoms. The van der Waals surface area contributed by atoms with Crippen molar-refractivity contribution in [3.8, 4) is 5.75 Å². The minimum Gasteiger partial charge on any atom is -0.480 e. The number of ether oxygens (including phenoxy) is 1. The second kappa shape index (κ2) is 12.4. The van der Waals surface area contributed by atoms with Crippen LogP contribution in [-0.4, -0.2) is 39.3 Å². The van der Waals surface area contributed by atoms with Gasteiger partial charge in [0.1, 0.15) is 10.9 Å². The molecule has 4 rings (SSSR count). The van der Waals surface area contributed by atoms with Crippen molar-refractivity contribution in [2.45, 2.75) is 52.4 Å². The van der Waals surface area contributed by atoms with Gasteiger partial charge in [-0.05, 0) is 42.5 Å². The smallest absolute Gasteiger partial charge is 0.323 e. The second-order valence-electron chi connectivity index (χ2n) is 9.23. The summed E-state index contributed by atoms with van der Waals surface area (Å²) in [6.45, 7) is 4.57. The zero-order valence-electron chi connectivity index (χ0n) is 21.2. The molecule has 0 unspecified atom stereocenters. The number of fused-ring (bicyclic) bond motifs is 3. The molecule has 6 nitrogen and oxygen atoms in total. The lowest BCUT2D eigenvalue weighted by Gasteiger charge is -2.18. The summed E-state index contributed by atoms with van der Waals surface area (Å²) in [4.78, 5) is 27.4. The van der Waals surface area contributed by atoms with Crippen LogP contribution in [-0.2, 0) is 9.59 Å². The predicted octanol–water partition coefficient (Wildman–Crippen LogP) is 7.02. The Bertz CT molecular complexity index is 1300. The number of benzene rings is 2. The molecule has 2 aliphatic rings. The van der Waals surface area contributed by atoms with E-state index in [1.807, 2.05) is 31.2 Å². The summed E-state index contributed by atoms with van der Waals surface area (Å²) >= 11 is 6.32. The van der Waals surface area contributed by atoms with E-state index in [0.717, 1.165) is 63.3 Å². The van der Waals surface area contributed by atoms with Gasteiger partial charge in [-0.15, -0.1) is 0 Å². The van der Waals surface area contributed by atoms with Crippen LogP contribution in [0, 0.1) is 0 Å². The summed E-state index contributed by atoms with van der Waals surface area (Å²) in [5.74, 6) is 0.158. The van der Waals surface area contributed by atoms with Crippen molar-refractivity contribution >= 4 is 56.6 Å². The van der Waals surface area contributed by atoms with Crippen LogP contribution in [0.3, 0.4) is 0 Å². The van der Waals surface area contributed by atoms with Gasteiger partial charge in [-0.1, -0.05) is 99.4 Å². The van der Waals surface area contributed by atoms with E-state index in [1.54, 1.807) is 6.08 Å². The van der Waals surface area contributed by atoms with E-state index in [1.165, 1.54) is 32.1 Å². The van der Waals surface area contributed by atoms with Crippen LogP contribution in [0.15, 0.2) is 71.0 Å². The first-order chi connectivity index (χ1) is 17.9. The summed E-state index contributed by atoms with van der Waals surface area (Å²) in [6, 6.07) is 12.5. The van der Waals surface area contributed by atoms with Crippen LogP contribution in [0.5, 0.6) is 5.75 Å². The lowest BCUT2D eigenvalue weighted by atomic mass is 10.1. The highest BCUT2D eigenvalue weighted by atomic mass is 32.2. The highest BCUT2D eigenvalue weighted by molar-refractivity contribution is 8.26. The number of carbonyl (C=O) groups excluding carboxylic acids is 1. The van der Waals surface area contributed by atoms with Gasteiger partial charge in [0.25, 0.3) is 5.91 Å². The van der Waals surface area contributed by atoms with E-state index >= 15 is 0 Å². The van der Waals surface area contributed by atoms with Gasteiger partial charge in [0, 0.05) is 11.9 Å². The topological polar surface area (TPSA) is 70.1 Å². The van der Waals surface area contributed by atoms with Crippen LogP contribution in [0.1, 0.15) is 52.4 Å². The van der Waals surface area contributed by atoms with Crippen molar-refractivity contribution in [2.75, 3.05) is 18.0 Å². The summed E-state index contributed by atoms with van der Waals surface area (Å²) in [5, 5.41) is 11.3. The Kier molecular flexibility index (Phi) is 9.05. The number of hydrogen-bond acceptors (Lipinski definition) is 6. The number of amides is 1. The number of unbranched alkanes of at least 4 members (excludes halogenated alkanes) is 5. The zero-order valence-corrected chi connectivity index (χ0v) is 22.9. The van der Waals surface area contributed by atoms with Crippen molar-refractivity contribution < 1.29 is 19.4 Å². The Balaban J connectivity index is 1.55. The SMILES string of the molecule is CCCCCCCCN1C(=CC=C(C)C=C2SC(=S)N(CC(=O)O)C2=O)Oc2c1ccc1ccccc21. The maximum Gasteiger partial charge on any atom is 0.323 e. The standard InChI is InChI=1S/C29H32N2O4S2/c1-3-4-5-6-7-10-17-30-23-15-14-21-11-8-9-12-22(21)27(23)35-25(30)16-13-20(2)18-24-28(34)31(19-26(32)33)29(36)37-24/h8-9,11-16,18H,3-7,10,17,19H2,1-2H3,(H,32,33). The highest BCUT2D eigenvalue weighted by Crippen LogP contribution is 2.44. The summed E-state index contributed by atoms with van der Waals surface area (Å²) < 4.78 is 6.66. The van der Waals surface area contributed by atoms with Crippen LogP contribution < -0.4 is 9.64 Å². The number of carboxylic acids is 1.